The fourth-order valence-corrected chi connectivity index (χ4v) is 0. The predicted molar refractivity (Wildman–Crippen MR) is 7.61 cm³/mol. The van der Waals surface area contributed by atoms with E-state index in [1.54, 1.807) is 0 Å². The summed E-state index contributed by atoms with van der Waals surface area (Å²) in [4.78, 5) is 0. The van der Waals surface area contributed by atoms with E-state index in [2.05, 4.69) is 6.65 Å². The van der Waals surface area contributed by atoms with E-state index in [0.29, 0.717) is 0 Å². The summed E-state index contributed by atoms with van der Waals surface area (Å²) in [5.41, 5.74) is 0. The average molecular weight is 239 g/mol. The first kappa shape index (κ1) is 5.61. The monoisotopic (exact) mass is 243 g/mol. The fourth-order valence-electron chi connectivity index (χ4n) is 0. The van der Waals surface area contributed by atoms with Gasteiger partial charge in [-0.15, -0.1) is 0 Å². The quantitative estimate of drug-likeness (QED) is 0.450. The van der Waals surface area contributed by atoms with Crippen molar-refractivity contribution in [2.24, 2.45) is 0 Å². The van der Waals surface area contributed by atoms with Crippen LogP contribution in [0, 0.1) is 0 Å². The molecule has 0 saturated heterocycles. The van der Waals surface area contributed by atoms with E-state index in [1.165, 1.54) is 0 Å². The molecule has 0 aromatic heterocycles. The second-order valence-corrected chi connectivity index (χ2v) is 10.2. The standard InChI is InChI=1S/2Mo.O.P. The van der Waals surface area contributed by atoms with Crippen molar-refractivity contribution < 1.29 is 33.3 Å². The Hall–Kier alpha value is 1.61. The van der Waals surface area contributed by atoms with Gasteiger partial charge in [-0.05, 0) is 0 Å². The SMILES string of the molecule is [O]=[Mo][Mo]#[P]. The van der Waals surface area contributed by atoms with Gasteiger partial charge >= 0.3 is 39.9 Å². The molecule has 0 atom stereocenters. The molecule has 0 amide bonds. The van der Waals surface area contributed by atoms with Crippen LogP contribution in [0.4, 0.5) is 0 Å². The summed E-state index contributed by atoms with van der Waals surface area (Å²) in [7, 11) is 0. The van der Waals surface area contributed by atoms with Crippen LogP contribution in [-0.2, 0) is 33.3 Å². The van der Waals surface area contributed by atoms with Gasteiger partial charge in [0.1, 0.15) is 0 Å². The minimum atomic E-state index is -0.774. The Morgan fingerprint density at radius 1 is 1.75 bits per heavy atom. The Morgan fingerprint density at radius 2 is 2.00 bits per heavy atom. The van der Waals surface area contributed by atoms with E-state index in [9.17, 15) is 3.40 Å². The van der Waals surface area contributed by atoms with Gasteiger partial charge in [0, 0.05) is 0 Å². The van der Waals surface area contributed by atoms with Gasteiger partial charge in [0.25, 0.3) is 0 Å². The normalized spacial score (nSPS) is 4.75. The van der Waals surface area contributed by atoms with Crippen LogP contribution in [-0.4, -0.2) is 0 Å². The summed E-state index contributed by atoms with van der Waals surface area (Å²) < 4.78 is 9.41. The zero-order chi connectivity index (χ0) is 3.41. The first-order valence-corrected chi connectivity index (χ1v) is 10.1. The van der Waals surface area contributed by atoms with Gasteiger partial charge in [-0.2, -0.15) is 0 Å². The number of hydrogen-bond donors (Lipinski definition) is 0. The zero-order valence-electron chi connectivity index (χ0n) is 1.67. The van der Waals surface area contributed by atoms with Crippen LogP contribution in [0.5, 0.6) is 0 Å². The van der Waals surface area contributed by atoms with E-state index in [1.807, 2.05) is 0 Å². The molecule has 0 saturated carbocycles. The molecular formula is Mo2OP. The molecule has 4 heteroatoms. The molecule has 0 aliphatic heterocycles. The van der Waals surface area contributed by atoms with E-state index < -0.39 is 15.5 Å². The summed E-state index contributed by atoms with van der Waals surface area (Å²) in [5, 5.41) is 0. The third-order valence-electron chi connectivity index (χ3n) is 0.0304. The number of hydrogen-bond acceptors (Lipinski definition) is 1. The molecular weight excluding hydrogens is 239 g/mol. The molecule has 0 radical (unpaired) electrons. The molecule has 0 bridgehead atoms. The van der Waals surface area contributed by atoms with Gasteiger partial charge < -0.3 is 0 Å². The average Bonchev–Trinajstić information content (AvgIpc) is 1.37. The van der Waals surface area contributed by atoms with Gasteiger partial charge in [0.05, 0.1) is 0 Å². The maximum atomic E-state index is 9.41. The maximum absolute atomic E-state index is 9.41. The Labute approximate surface area is 39.8 Å². The Kier molecular flexibility index (Phi) is 6.46. The summed E-state index contributed by atoms with van der Waals surface area (Å²) in [5.74, 6) is 0. The molecule has 0 fully saturated rings. The molecule has 23 valence electrons. The van der Waals surface area contributed by atoms with Crippen molar-refractivity contribution in [1.29, 1.82) is 0 Å². The van der Waals surface area contributed by atoms with Crippen molar-refractivity contribution in [3.63, 3.8) is 0 Å². The molecule has 0 aliphatic carbocycles. The van der Waals surface area contributed by atoms with Crippen molar-refractivity contribution in [2.75, 3.05) is 0 Å². The van der Waals surface area contributed by atoms with Gasteiger partial charge in [-0.3, -0.25) is 0 Å². The van der Waals surface area contributed by atoms with Crippen LogP contribution in [0.2, 0.25) is 0 Å². The van der Waals surface area contributed by atoms with Crippen LogP contribution < -0.4 is 0 Å². The summed E-state index contributed by atoms with van der Waals surface area (Å²) >= 11 is -1.02. The third kappa shape index (κ3) is 3.61. The fraction of sp³-hybridized carbons (Fsp3) is 0. The van der Waals surface area contributed by atoms with E-state index >= 15 is 0 Å². The molecule has 0 aromatic carbocycles. The molecule has 0 unspecified atom stereocenters. The first-order valence-electron chi connectivity index (χ1n) is 0.516. The summed E-state index contributed by atoms with van der Waals surface area (Å²) in [6, 6.07) is 0. The second-order valence-electron chi connectivity index (χ2n) is 0.143. The molecule has 4 heavy (non-hydrogen) atoms. The first-order chi connectivity index (χ1) is 1.91. The van der Waals surface area contributed by atoms with Crippen molar-refractivity contribution in [3.05, 3.63) is 0 Å². The summed E-state index contributed by atoms with van der Waals surface area (Å²) in [6.45, 7) is 3.80. The third-order valence-corrected chi connectivity index (χ3v) is 3.20. The topological polar surface area (TPSA) is 17.1 Å². The van der Waals surface area contributed by atoms with E-state index in [-0.39, 0.29) is 14.3 Å². The van der Waals surface area contributed by atoms with Gasteiger partial charge in [-0.25, -0.2) is 0 Å². The predicted octanol–water partition coefficient (Wildman–Crippen LogP) is 0.737. The van der Waals surface area contributed by atoms with Gasteiger partial charge in [0.2, 0.25) is 0 Å². The molecule has 0 rings (SSSR count). The Balaban J connectivity index is 2.92. The van der Waals surface area contributed by atoms with Crippen LogP contribution >= 0.6 is 6.65 Å². The molecule has 1 nitrogen and oxygen atoms in total. The van der Waals surface area contributed by atoms with Crippen LogP contribution in [0.3, 0.4) is 0 Å². The Bertz CT molecular complexity index is 51.5. The number of rotatable bonds is 0. The zero-order valence-corrected chi connectivity index (χ0v) is 6.58. The molecule has 0 aromatic rings. The van der Waals surface area contributed by atoms with Crippen LogP contribution in [0.15, 0.2) is 0 Å². The second kappa shape index (κ2) is 4.61. The summed E-state index contributed by atoms with van der Waals surface area (Å²) in [6.07, 6.45) is 0. The molecule has 0 spiro atoms. The van der Waals surface area contributed by atoms with Gasteiger partial charge in [-0.1, -0.05) is 0 Å². The van der Waals surface area contributed by atoms with Crippen LogP contribution in [0.1, 0.15) is 0 Å². The van der Waals surface area contributed by atoms with Crippen molar-refractivity contribution >= 4 is 6.65 Å². The molecule has 0 heterocycles. The molecule has 0 N–H and O–H groups in total. The van der Waals surface area contributed by atoms with E-state index in [4.69, 9.17) is 0 Å². The molecule has 0 aliphatic rings. The van der Waals surface area contributed by atoms with Crippen molar-refractivity contribution in [2.45, 2.75) is 0 Å². The van der Waals surface area contributed by atoms with Gasteiger partial charge in [0.15, 0.2) is 0 Å². The minimum absolute atomic E-state index is 0.249. The van der Waals surface area contributed by atoms with Crippen molar-refractivity contribution in [1.82, 2.24) is 0 Å². The van der Waals surface area contributed by atoms with E-state index in [0.717, 1.165) is 0 Å². The van der Waals surface area contributed by atoms with Crippen LogP contribution in [0.25, 0.3) is 0 Å². The van der Waals surface area contributed by atoms with Crippen molar-refractivity contribution in [3.8, 4) is 0 Å². The Morgan fingerprint density at radius 3 is 2.00 bits per heavy atom.